The fourth-order valence-corrected chi connectivity index (χ4v) is 1.06. The van der Waals surface area contributed by atoms with Gasteiger partial charge in [-0.25, -0.2) is 0 Å². The molecule has 0 aromatic heterocycles. The Labute approximate surface area is 72.8 Å². The predicted molar refractivity (Wildman–Crippen MR) is 33.9 cm³/mol. The van der Waals surface area contributed by atoms with Crippen molar-refractivity contribution in [2.24, 2.45) is 0 Å². The van der Waals surface area contributed by atoms with E-state index in [1.54, 1.807) is 0 Å². The number of aliphatic carboxylic acids is 1. The predicted octanol–water partition coefficient (Wildman–Crippen LogP) is -4.46. The highest BCUT2D eigenvalue weighted by molar-refractivity contribution is 5.71. The number of aliphatic hydroxyl groups is 4. The van der Waals surface area contributed by atoms with Crippen LogP contribution in [-0.2, 0) is 9.53 Å². The molecule has 0 aromatic carbocycles. The van der Waals surface area contributed by atoms with Crippen LogP contribution in [0.25, 0.3) is 0 Å². The number of hydrogen-bond acceptors (Lipinski definition) is 7. The number of carboxylic acid groups (broad SMARTS) is 1. The van der Waals surface area contributed by atoms with E-state index in [-0.39, 0.29) is 0 Å². The van der Waals surface area contributed by atoms with Crippen LogP contribution in [0.2, 0.25) is 0 Å². The van der Waals surface area contributed by atoms with Crippen molar-refractivity contribution in [3.63, 3.8) is 0 Å². The summed E-state index contributed by atoms with van der Waals surface area (Å²) < 4.78 is 4.28. The molecule has 76 valence electrons. The monoisotopic (exact) mass is 193 g/mol. The number of aliphatic hydroxyl groups excluding tert-OH is 4. The Bertz CT molecular complexity index is 205. The lowest BCUT2D eigenvalue weighted by molar-refractivity contribution is -0.345. The van der Waals surface area contributed by atoms with E-state index in [4.69, 9.17) is 20.4 Å². The Morgan fingerprint density at radius 2 is 1.62 bits per heavy atom. The van der Waals surface area contributed by atoms with Crippen LogP contribution < -0.4 is 5.11 Å². The first-order chi connectivity index (χ1) is 5.95. The van der Waals surface area contributed by atoms with E-state index in [1.807, 2.05) is 0 Å². The molecule has 0 aromatic rings. The number of carboxylic acids is 1. The molecular formula is C6H9O7-. The first-order valence-electron chi connectivity index (χ1n) is 3.53. The lowest BCUT2D eigenvalue weighted by Crippen LogP contribution is -2.62. The maximum absolute atomic E-state index is 10.3. The van der Waals surface area contributed by atoms with Gasteiger partial charge in [0, 0.05) is 0 Å². The van der Waals surface area contributed by atoms with Crippen molar-refractivity contribution in [1.82, 2.24) is 0 Å². The third-order valence-corrected chi connectivity index (χ3v) is 1.82. The second kappa shape index (κ2) is 3.56. The summed E-state index contributed by atoms with van der Waals surface area (Å²) in [6.07, 6.45) is -9.00. The largest absolute Gasteiger partial charge is 0.547 e. The minimum atomic E-state index is -1.85. The second-order valence-electron chi connectivity index (χ2n) is 2.74. The van der Waals surface area contributed by atoms with Gasteiger partial charge < -0.3 is 35.1 Å². The van der Waals surface area contributed by atoms with E-state index < -0.39 is 36.7 Å². The smallest absolute Gasteiger partial charge is 0.184 e. The van der Waals surface area contributed by atoms with Crippen molar-refractivity contribution in [2.45, 2.75) is 30.7 Å². The highest BCUT2D eigenvalue weighted by atomic mass is 16.6. The summed E-state index contributed by atoms with van der Waals surface area (Å²) >= 11 is 0. The number of carbonyl (C=O) groups excluding carboxylic acids is 1. The van der Waals surface area contributed by atoms with Crippen LogP contribution in [0.1, 0.15) is 0 Å². The summed E-state index contributed by atoms with van der Waals surface area (Å²) in [7, 11) is 0. The van der Waals surface area contributed by atoms with Gasteiger partial charge in [0.15, 0.2) is 6.29 Å². The van der Waals surface area contributed by atoms with Crippen LogP contribution in [0, 0.1) is 0 Å². The third-order valence-electron chi connectivity index (χ3n) is 1.82. The van der Waals surface area contributed by atoms with Gasteiger partial charge in [-0.05, 0) is 0 Å². The number of carbonyl (C=O) groups is 1. The van der Waals surface area contributed by atoms with Crippen LogP contribution >= 0.6 is 0 Å². The van der Waals surface area contributed by atoms with Gasteiger partial charge >= 0.3 is 0 Å². The first-order valence-corrected chi connectivity index (χ1v) is 3.53. The highest BCUT2D eigenvalue weighted by Crippen LogP contribution is 2.19. The molecule has 1 fully saturated rings. The molecule has 1 rings (SSSR count). The number of rotatable bonds is 1. The summed E-state index contributed by atoms with van der Waals surface area (Å²) in [6.45, 7) is 0. The summed E-state index contributed by atoms with van der Waals surface area (Å²) in [5, 5.41) is 46.1. The quantitative estimate of drug-likeness (QED) is 0.330. The van der Waals surface area contributed by atoms with Gasteiger partial charge in [0.05, 0.1) is 5.97 Å². The summed E-state index contributed by atoms with van der Waals surface area (Å²) in [4.78, 5) is 10.3. The van der Waals surface area contributed by atoms with Gasteiger partial charge in [-0.15, -0.1) is 0 Å². The lowest BCUT2D eigenvalue weighted by Gasteiger charge is -2.38. The van der Waals surface area contributed by atoms with Gasteiger partial charge in [-0.2, -0.15) is 0 Å². The molecule has 0 radical (unpaired) electrons. The minimum Gasteiger partial charge on any atom is -0.547 e. The molecule has 1 aliphatic rings. The highest BCUT2D eigenvalue weighted by Gasteiger charge is 2.43. The molecule has 0 bridgehead atoms. The number of ether oxygens (including phenoxy) is 1. The van der Waals surface area contributed by atoms with Crippen molar-refractivity contribution in [2.75, 3.05) is 0 Å². The minimum absolute atomic E-state index is 1.73. The van der Waals surface area contributed by atoms with Crippen molar-refractivity contribution in [3.05, 3.63) is 0 Å². The Morgan fingerprint density at radius 3 is 2.08 bits per heavy atom. The molecule has 1 heterocycles. The van der Waals surface area contributed by atoms with E-state index >= 15 is 0 Å². The van der Waals surface area contributed by atoms with Crippen LogP contribution in [0.15, 0.2) is 0 Å². The topological polar surface area (TPSA) is 130 Å². The fourth-order valence-electron chi connectivity index (χ4n) is 1.06. The zero-order valence-electron chi connectivity index (χ0n) is 6.40. The van der Waals surface area contributed by atoms with Gasteiger partial charge in [0.25, 0.3) is 0 Å². The van der Waals surface area contributed by atoms with E-state index in [1.165, 1.54) is 0 Å². The first kappa shape index (κ1) is 10.4. The van der Waals surface area contributed by atoms with Crippen LogP contribution in [0.3, 0.4) is 0 Å². The molecule has 7 heteroatoms. The maximum atomic E-state index is 10.3. The van der Waals surface area contributed by atoms with Crippen molar-refractivity contribution >= 4 is 5.97 Å². The van der Waals surface area contributed by atoms with Gasteiger partial charge in [0.2, 0.25) is 0 Å². The molecule has 0 amide bonds. The normalized spacial score (nSPS) is 46.0. The summed E-state index contributed by atoms with van der Waals surface area (Å²) in [5.74, 6) is -1.77. The van der Waals surface area contributed by atoms with E-state index in [0.29, 0.717) is 0 Å². The molecule has 5 atom stereocenters. The second-order valence-corrected chi connectivity index (χ2v) is 2.74. The molecule has 0 aliphatic carbocycles. The molecule has 7 nitrogen and oxygen atoms in total. The zero-order chi connectivity index (χ0) is 10.2. The van der Waals surface area contributed by atoms with Crippen LogP contribution in [0.4, 0.5) is 0 Å². The molecule has 0 unspecified atom stereocenters. The fraction of sp³-hybridized carbons (Fsp3) is 0.833. The van der Waals surface area contributed by atoms with E-state index in [0.717, 1.165) is 0 Å². The Morgan fingerprint density at radius 1 is 1.08 bits per heavy atom. The number of hydrogen-bond donors (Lipinski definition) is 4. The van der Waals surface area contributed by atoms with E-state index in [2.05, 4.69) is 4.74 Å². The molecule has 0 spiro atoms. The van der Waals surface area contributed by atoms with Crippen molar-refractivity contribution in [3.8, 4) is 0 Å². The van der Waals surface area contributed by atoms with Crippen molar-refractivity contribution < 1.29 is 35.1 Å². The summed E-state index contributed by atoms with van der Waals surface area (Å²) in [6, 6.07) is 0. The van der Waals surface area contributed by atoms with Crippen molar-refractivity contribution in [1.29, 1.82) is 0 Å². The van der Waals surface area contributed by atoms with Gasteiger partial charge in [-0.1, -0.05) is 0 Å². The Hall–Kier alpha value is -0.730. The lowest BCUT2D eigenvalue weighted by atomic mass is 9.99. The Kier molecular flexibility index (Phi) is 2.84. The standard InChI is InChI=1S/C6H10O7/c7-1-2(8)4(5(10)11)13-6(12)3(1)9/h1-4,6-9,12H,(H,10,11)/p-1/t1-,2+,3-,4-,6-/m0/s1. The van der Waals surface area contributed by atoms with Gasteiger partial charge in [-0.3, -0.25) is 0 Å². The average Bonchev–Trinajstić information content (AvgIpc) is 2.07. The van der Waals surface area contributed by atoms with Gasteiger partial charge in [0.1, 0.15) is 24.4 Å². The van der Waals surface area contributed by atoms with Crippen LogP contribution in [-0.4, -0.2) is 57.1 Å². The SMILES string of the molecule is O=C([O-])[C@H]1O[C@H](O)[C@@H](O)[C@@H](O)[C@H]1O. The molecule has 0 saturated carbocycles. The molecule has 1 saturated heterocycles. The average molecular weight is 193 g/mol. The zero-order valence-corrected chi connectivity index (χ0v) is 6.40. The molecular weight excluding hydrogens is 184 g/mol. The van der Waals surface area contributed by atoms with Crippen LogP contribution in [0.5, 0.6) is 0 Å². The Balaban J connectivity index is 2.76. The maximum Gasteiger partial charge on any atom is 0.184 e. The molecule has 4 N–H and O–H groups in total. The third kappa shape index (κ3) is 1.79. The summed E-state index contributed by atoms with van der Waals surface area (Å²) in [5.41, 5.74) is 0. The molecule has 1 aliphatic heterocycles. The molecule has 13 heavy (non-hydrogen) atoms. The van der Waals surface area contributed by atoms with E-state index in [9.17, 15) is 9.90 Å².